The van der Waals surface area contributed by atoms with Crippen molar-refractivity contribution in [2.45, 2.75) is 37.8 Å². The van der Waals surface area contributed by atoms with Crippen LogP contribution in [0.1, 0.15) is 31.7 Å². The van der Waals surface area contributed by atoms with Crippen molar-refractivity contribution in [3.05, 3.63) is 16.6 Å². The molecule has 0 atom stereocenters. The van der Waals surface area contributed by atoms with Gasteiger partial charge in [0.1, 0.15) is 10.5 Å². The first-order valence-electron chi connectivity index (χ1n) is 6.67. The summed E-state index contributed by atoms with van der Waals surface area (Å²) < 4.78 is 5.17. The van der Waals surface area contributed by atoms with Gasteiger partial charge in [-0.05, 0) is 13.8 Å². The van der Waals surface area contributed by atoms with Crippen molar-refractivity contribution in [2.75, 3.05) is 13.2 Å². The third kappa shape index (κ3) is 3.51. The standard InChI is InChI=1S/C13H19N3O4S/c1-12(2,9-14-5-8-21-9)15-11(19)16-13(10(17)18)3-6-20-7-4-13/h5,8H,3-4,6-7H2,1-2H3,(H,17,18)(H2,15,16,19). The maximum atomic E-state index is 12.2. The lowest BCUT2D eigenvalue weighted by Gasteiger charge is -2.35. The van der Waals surface area contributed by atoms with E-state index in [0.29, 0.717) is 13.2 Å². The van der Waals surface area contributed by atoms with E-state index < -0.39 is 23.1 Å². The third-order valence-corrected chi connectivity index (χ3v) is 4.60. The van der Waals surface area contributed by atoms with Crippen LogP contribution in [0.2, 0.25) is 0 Å². The summed E-state index contributed by atoms with van der Waals surface area (Å²) in [4.78, 5) is 27.9. The van der Waals surface area contributed by atoms with E-state index in [1.54, 1.807) is 6.20 Å². The Morgan fingerprint density at radius 2 is 2.10 bits per heavy atom. The lowest BCUT2D eigenvalue weighted by atomic mass is 9.90. The summed E-state index contributed by atoms with van der Waals surface area (Å²) in [5.74, 6) is -1.03. The van der Waals surface area contributed by atoms with Gasteiger partial charge in [0.05, 0.1) is 5.54 Å². The number of carboxylic acid groups (broad SMARTS) is 1. The number of carbonyl (C=O) groups is 2. The van der Waals surface area contributed by atoms with Gasteiger partial charge < -0.3 is 20.5 Å². The normalized spacial score (nSPS) is 18.0. The van der Waals surface area contributed by atoms with Gasteiger partial charge in [-0.3, -0.25) is 0 Å². The van der Waals surface area contributed by atoms with Gasteiger partial charge in [0.2, 0.25) is 0 Å². The van der Waals surface area contributed by atoms with Crippen LogP contribution in [-0.4, -0.2) is 40.8 Å². The van der Waals surface area contributed by atoms with Crippen LogP contribution in [-0.2, 0) is 15.1 Å². The molecule has 2 amide bonds. The van der Waals surface area contributed by atoms with Crippen LogP contribution in [0.4, 0.5) is 4.79 Å². The van der Waals surface area contributed by atoms with Gasteiger partial charge in [-0.2, -0.15) is 0 Å². The Balaban J connectivity index is 2.04. The van der Waals surface area contributed by atoms with Crippen molar-refractivity contribution in [3.8, 4) is 0 Å². The maximum Gasteiger partial charge on any atom is 0.329 e. The zero-order chi connectivity index (χ0) is 15.5. The first kappa shape index (κ1) is 15.7. The summed E-state index contributed by atoms with van der Waals surface area (Å²) in [5.41, 5.74) is -1.93. The first-order chi connectivity index (χ1) is 9.86. The van der Waals surface area contributed by atoms with Crippen LogP contribution < -0.4 is 10.6 Å². The number of thiazole rings is 1. The molecule has 0 radical (unpaired) electrons. The predicted octanol–water partition coefficient (Wildman–Crippen LogP) is 1.31. The number of hydrogen-bond donors (Lipinski definition) is 3. The number of aliphatic carboxylic acids is 1. The SMILES string of the molecule is CC(C)(NC(=O)NC1(C(=O)O)CCOCC1)c1nccs1. The molecule has 2 rings (SSSR count). The van der Waals surface area contributed by atoms with Crippen LogP contribution in [0.5, 0.6) is 0 Å². The zero-order valence-corrected chi connectivity index (χ0v) is 12.8. The van der Waals surface area contributed by atoms with Gasteiger partial charge in [-0.15, -0.1) is 11.3 Å². The number of urea groups is 1. The number of amides is 2. The van der Waals surface area contributed by atoms with E-state index in [2.05, 4.69) is 15.6 Å². The Bertz CT molecular complexity index is 509. The minimum absolute atomic E-state index is 0.257. The molecule has 1 saturated heterocycles. The highest BCUT2D eigenvalue weighted by atomic mass is 32.1. The van der Waals surface area contributed by atoms with Crippen LogP contribution in [0.15, 0.2) is 11.6 Å². The Hall–Kier alpha value is -1.67. The molecule has 116 valence electrons. The fourth-order valence-corrected chi connectivity index (χ4v) is 2.95. The number of nitrogens with zero attached hydrogens (tertiary/aromatic N) is 1. The molecule has 1 aliphatic rings. The highest BCUT2D eigenvalue weighted by molar-refractivity contribution is 7.09. The van der Waals surface area contributed by atoms with Crippen LogP contribution in [0, 0.1) is 0 Å². The minimum atomic E-state index is -1.26. The highest BCUT2D eigenvalue weighted by Crippen LogP contribution is 2.24. The second-order valence-corrected chi connectivity index (χ2v) is 6.44. The summed E-state index contributed by atoms with van der Waals surface area (Å²) >= 11 is 1.43. The van der Waals surface area contributed by atoms with Crippen LogP contribution in [0.25, 0.3) is 0 Å². The Labute approximate surface area is 126 Å². The van der Waals surface area contributed by atoms with Gasteiger partial charge in [0.15, 0.2) is 0 Å². The molecule has 21 heavy (non-hydrogen) atoms. The van der Waals surface area contributed by atoms with Gasteiger partial charge in [0.25, 0.3) is 0 Å². The van der Waals surface area contributed by atoms with Gasteiger partial charge in [-0.25, -0.2) is 14.6 Å². The fourth-order valence-electron chi connectivity index (χ4n) is 2.23. The minimum Gasteiger partial charge on any atom is -0.480 e. The second kappa shape index (κ2) is 5.98. The van der Waals surface area contributed by atoms with Crippen molar-refractivity contribution in [1.29, 1.82) is 0 Å². The third-order valence-electron chi connectivity index (χ3n) is 3.50. The zero-order valence-electron chi connectivity index (χ0n) is 12.0. The summed E-state index contributed by atoms with van der Waals surface area (Å²) in [6.45, 7) is 4.29. The van der Waals surface area contributed by atoms with E-state index >= 15 is 0 Å². The van der Waals surface area contributed by atoms with Gasteiger partial charge >= 0.3 is 12.0 Å². The highest BCUT2D eigenvalue weighted by Gasteiger charge is 2.42. The molecular weight excluding hydrogens is 294 g/mol. The van der Waals surface area contributed by atoms with Crippen LogP contribution in [0.3, 0.4) is 0 Å². The van der Waals surface area contributed by atoms with Crippen molar-refractivity contribution < 1.29 is 19.4 Å². The number of rotatable bonds is 4. The molecule has 0 unspecified atom stereocenters. The molecule has 1 aromatic rings. The molecule has 1 aliphatic heterocycles. The maximum absolute atomic E-state index is 12.2. The second-order valence-electron chi connectivity index (χ2n) is 5.54. The lowest BCUT2D eigenvalue weighted by Crippen LogP contribution is -2.61. The van der Waals surface area contributed by atoms with E-state index in [1.165, 1.54) is 11.3 Å². The molecule has 7 nitrogen and oxygen atoms in total. The number of aromatic nitrogens is 1. The number of nitrogens with one attached hydrogen (secondary N) is 2. The smallest absolute Gasteiger partial charge is 0.329 e. The van der Waals surface area contributed by atoms with E-state index in [4.69, 9.17) is 4.74 Å². The molecular formula is C13H19N3O4S. The summed E-state index contributed by atoms with van der Waals surface area (Å²) in [6, 6.07) is -0.514. The van der Waals surface area contributed by atoms with Gasteiger partial charge in [-0.1, -0.05) is 0 Å². The Morgan fingerprint density at radius 3 is 2.62 bits per heavy atom. The van der Waals surface area contributed by atoms with Crippen molar-refractivity contribution in [1.82, 2.24) is 15.6 Å². The Kier molecular flexibility index (Phi) is 4.48. The Morgan fingerprint density at radius 1 is 1.43 bits per heavy atom. The number of carboxylic acids is 1. The molecule has 3 N–H and O–H groups in total. The first-order valence-corrected chi connectivity index (χ1v) is 7.55. The summed E-state index contributed by atoms with van der Waals surface area (Å²) in [5, 5.41) is 17.4. The molecule has 0 aromatic carbocycles. The quantitative estimate of drug-likeness (QED) is 0.778. The molecule has 0 aliphatic carbocycles. The average molecular weight is 313 g/mol. The van der Waals surface area contributed by atoms with E-state index in [0.717, 1.165) is 5.01 Å². The summed E-state index contributed by atoms with van der Waals surface area (Å²) in [6.07, 6.45) is 2.18. The molecule has 1 fully saturated rings. The molecule has 0 spiro atoms. The molecule has 0 saturated carbocycles. The van der Waals surface area contributed by atoms with E-state index in [9.17, 15) is 14.7 Å². The fraction of sp³-hybridized carbons (Fsp3) is 0.615. The molecule has 1 aromatic heterocycles. The van der Waals surface area contributed by atoms with E-state index in [-0.39, 0.29) is 12.8 Å². The molecule has 0 bridgehead atoms. The average Bonchev–Trinajstić information content (AvgIpc) is 2.93. The van der Waals surface area contributed by atoms with E-state index in [1.807, 2.05) is 19.2 Å². The summed E-state index contributed by atoms with van der Waals surface area (Å²) in [7, 11) is 0. The molecule has 2 heterocycles. The van der Waals surface area contributed by atoms with Crippen molar-refractivity contribution in [3.63, 3.8) is 0 Å². The predicted molar refractivity (Wildman–Crippen MR) is 77.2 cm³/mol. The van der Waals surface area contributed by atoms with Crippen molar-refractivity contribution in [2.24, 2.45) is 0 Å². The monoisotopic (exact) mass is 313 g/mol. The lowest BCUT2D eigenvalue weighted by molar-refractivity contribution is -0.148. The molecule has 8 heteroatoms. The van der Waals surface area contributed by atoms with Gasteiger partial charge in [0, 0.05) is 37.6 Å². The largest absolute Gasteiger partial charge is 0.480 e. The van der Waals surface area contributed by atoms with Crippen molar-refractivity contribution >= 4 is 23.3 Å². The van der Waals surface area contributed by atoms with Crippen LogP contribution >= 0.6 is 11.3 Å². The topological polar surface area (TPSA) is 101 Å². The number of hydrogen-bond acceptors (Lipinski definition) is 5. The number of carbonyl (C=O) groups excluding carboxylic acids is 1. The number of ether oxygens (including phenoxy) is 1.